The predicted octanol–water partition coefficient (Wildman–Crippen LogP) is 0.347. The van der Waals surface area contributed by atoms with E-state index in [1.54, 1.807) is 7.05 Å². The average molecular weight is 290 g/mol. The van der Waals surface area contributed by atoms with Crippen molar-refractivity contribution in [3.05, 3.63) is 44.3 Å². The monoisotopic (exact) mass is 290 g/mol. The second-order valence-corrected chi connectivity index (χ2v) is 5.05. The van der Waals surface area contributed by atoms with Crippen molar-refractivity contribution in [3.63, 3.8) is 0 Å². The standard InChI is InChI=1S/C13H14N4O2S/c1-17(12(18)11-6-15-13(19)16-11)7-9-5-10(20-8-9)3-2-4-14/h5-6,8H,4,7,14H2,1H3,(H2,15,16,19). The van der Waals surface area contributed by atoms with E-state index in [4.69, 9.17) is 5.73 Å². The zero-order valence-electron chi connectivity index (χ0n) is 10.9. The number of nitrogens with two attached hydrogens (primary N) is 1. The third kappa shape index (κ3) is 3.38. The van der Waals surface area contributed by atoms with E-state index >= 15 is 0 Å². The molecule has 0 saturated heterocycles. The molecule has 0 aliphatic carbocycles. The summed E-state index contributed by atoms with van der Waals surface area (Å²) in [6.07, 6.45) is 1.37. The minimum atomic E-state index is -0.392. The number of carbonyl (C=O) groups excluding carboxylic acids is 1. The Bertz CT molecular complexity index is 716. The fourth-order valence-electron chi connectivity index (χ4n) is 1.66. The molecule has 0 unspecified atom stereocenters. The van der Waals surface area contributed by atoms with Crippen LogP contribution in [0.15, 0.2) is 22.4 Å². The summed E-state index contributed by atoms with van der Waals surface area (Å²) < 4.78 is 0. The van der Waals surface area contributed by atoms with E-state index in [0.717, 1.165) is 10.4 Å². The molecule has 0 spiro atoms. The number of thiophene rings is 1. The molecule has 6 nitrogen and oxygen atoms in total. The van der Waals surface area contributed by atoms with Crippen molar-refractivity contribution in [1.82, 2.24) is 14.9 Å². The van der Waals surface area contributed by atoms with Gasteiger partial charge >= 0.3 is 5.69 Å². The second kappa shape index (κ2) is 6.23. The summed E-state index contributed by atoms with van der Waals surface area (Å²) in [6.45, 7) is 0.777. The number of hydrogen-bond donors (Lipinski definition) is 3. The summed E-state index contributed by atoms with van der Waals surface area (Å²) in [6, 6.07) is 1.93. The van der Waals surface area contributed by atoms with Crippen LogP contribution in [0, 0.1) is 11.8 Å². The van der Waals surface area contributed by atoms with Crippen molar-refractivity contribution in [2.75, 3.05) is 13.6 Å². The van der Waals surface area contributed by atoms with Gasteiger partial charge in [-0.15, -0.1) is 11.3 Å². The van der Waals surface area contributed by atoms with E-state index in [1.807, 2.05) is 11.4 Å². The van der Waals surface area contributed by atoms with Crippen LogP contribution in [-0.4, -0.2) is 34.4 Å². The van der Waals surface area contributed by atoms with Gasteiger partial charge in [-0.2, -0.15) is 0 Å². The lowest BCUT2D eigenvalue weighted by Gasteiger charge is -2.14. The van der Waals surface area contributed by atoms with E-state index in [-0.39, 0.29) is 11.6 Å². The molecule has 2 rings (SSSR count). The van der Waals surface area contributed by atoms with Gasteiger partial charge in [0.25, 0.3) is 5.91 Å². The van der Waals surface area contributed by atoms with Gasteiger partial charge in [0, 0.05) is 19.8 Å². The van der Waals surface area contributed by atoms with Gasteiger partial charge in [-0.3, -0.25) is 4.79 Å². The second-order valence-electron chi connectivity index (χ2n) is 4.14. The first kappa shape index (κ1) is 14.1. The Morgan fingerprint density at radius 2 is 2.35 bits per heavy atom. The molecule has 0 aliphatic rings. The maximum atomic E-state index is 12.0. The summed E-state index contributed by atoms with van der Waals surface area (Å²) in [4.78, 5) is 30.3. The molecular weight excluding hydrogens is 276 g/mol. The number of hydrogen-bond acceptors (Lipinski definition) is 4. The van der Waals surface area contributed by atoms with Crippen LogP contribution < -0.4 is 11.4 Å². The summed E-state index contributed by atoms with van der Waals surface area (Å²) in [5.74, 6) is 5.49. The molecule has 0 bridgehead atoms. The fraction of sp³-hybridized carbons (Fsp3) is 0.231. The average Bonchev–Trinajstić information content (AvgIpc) is 3.04. The zero-order valence-corrected chi connectivity index (χ0v) is 11.7. The molecule has 7 heteroatoms. The maximum Gasteiger partial charge on any atom is 0.323 e. The predicted molar refractivity (Wildman–Crippen MR) is 77.5 cm³/mol. The first-order valence-electron chi connectivity index (χ1n) is 5.89. The van der Waals surface area contributed by atoms with Gasteiger partial charge in [0.1, 0.15) is 5.69 Å². The minimum absolute atomic E-state index is 0.246. The lowest BCUT2D eigenvalue weighted by molar-refractivity contribution is 0.0780. The SMILES string of the molecule is CN(Cc1csc(C#CCN)c1)C(=O)c1c[nH]c(=O)[nH]1. The summed E-state index contributed by atoms with van der Waals surface area (Å²) in [7, 11) is 1.68. The van der Waals surface area contributed by atoms with Crippen molar-refractivity contribution in [2.45, 2.75) is 6.54 Å². The van der Waals surface area contributed by atoms with Crippen LogP contribution in [0.25, 0.3) is 0 Å². The summed E-state index contributed by atoms with van der Waals surface area (Å²) in [5, 5.41) is 1.95. The molecule has 1 amide bonds. The molecule has 2 aromatic heterocycles. The Morgan fingerprint density at radius 1 is 1.55 bits per heavy atom. The number of rotatable bonds is 3. The van der Waals surface area contributed by atoms with Gasteiger partial charge in [-0.25, -0.2) is 4.79 Å². The smallest absolute Gasteiger partial charge is 0.323 e. The lowest BCUT2D eigenvalue weighted by atomic mass is 10.3. The largest absolute Gasteiger partial charge is 0.336 e. The molecule has 0 atom stereocenters. The van der Waals surface area contributed by atoms with Crippen LogP contribution in [0.4, 0.5) is 0 Å². The van der Waals surface area contributed by atoms with E-state index in [1.165, 1.54) is 22.4 Å². The number of aromatic nitrogens is 2. The Morgan fingerprint density at radius 3 is 3.00 bits per heavy atom. The Kier molecular flexibility index (Phi) is 4.40. The van der Waals surface area contributed by atoms with Crippen LogP contribution in [0.5, 0.6) is 0 Å². The zero-order chi connectivity index (χ0) is 14.5. The topological polar surface area (TPSA) is 95.0 Å². The maximum absolute atomic E-state index is 12.0. The number of nitrogens with zero attached hydrogens (tertiary/aromatic N) is 1. The summed E-state index contributed by atoms with van der Waals surface area (Å²) >= 11 is 1.51. The quantitative estimate of drug-likeness (QED) is 0.712. The number of amides is 1. The Balaban J connectivity index is 2.04. The molecule has 2 heterocycles. The van der Waals surface area contributed by atoms with Crippen LogP contribution in [0.2, 0.25) is 0 Å². The van der Waals surface area contributed by atoms with Gasteiger partial charge in [-0.05, 0) is 17.0 Å². The van der Waals surface area contributed by atoms with Crippen LogP contribution >= 0.6 is 11.3 Å². The first-order valence-corrected chi connectivity index (χ1v) is 6.77. The molecule has 0 radical (unpaired) electrons. The number of carbonyl (C=O) groups is 1. The molecule has 0 fully saturated rings. The number of imidazole rings is 1. The number of nitrogens with one attached hydrogen (secondary N) is 2. The molecule has 2 aromatic rings. The third-order valence-corrected chi connectivity index (χ3v) is 3.45. The van der Waals surface area contributed by atoms with Crippen molar-refractivity contribution >= 4 is 17.2 Å². The normalized spacial score (nSPS) is 9.90. The van der Waals surface area contributed by atoms with E-state index in [2.05, 4.69) is 21.8 Å². The highest BCUT2D eigenvalue weighted by molar-refractivity contribution is 7.10. The Labute approximate surface area is 119 Å². The Hall–Kier alpha value is -2.30. The molecule has 104 valence electrons. The highest BCUT2D eigenvalue weighted by Gasteiger charge is 2.14. The van der Waals surface area contributed by atoms with Gasteiger partial charge < -0.3 is 20.6 Å². The summed E-state index contributed by atoms with van der Waals surface area (Å²) in [5.41, 5.74) is 6.16. The van der Waals surface area contributed by atoms with Crippen molar-refractivity contribution in [3.8, 4) is 11.8 Å². The number of H-pyrrole nitrogens is 2. The van der Waals surface area contributed by atoms with E-state index in [9.17, 15) is 9.59 Å². The van der Waals surface area contributed by atoms with Crippen LogP contribution in [0.3, 0.4) is 0 Å². The first-order chi connectivity index (χ1) is 9.60. The highest BCUT2D eigenvalue weighted by atomic mass is 32.1. The highest BCUT2D eigenvalue weighted by Crippen LogP contribution is 2.15. The molecule has 20 heavy (non-hydrogen) atoms. The number of aromatic amines is 2. The van der Waals surface area contributed by atoms with Gasteiger partial charge in [0.2, 0.25) is 0 Å². The molecular formula is C13H14N4O2S. The molecule has 0 aliphatic heterocycles. The van der Waals surface area contributed by atoms with Crippen LogP contribution in [-0.2, 0) is 6.54 Å². The lowest BCUT2D eigenvalue weighted by Crippen LogP contribution is -2.26. The van der Waals surface area contributed by atoms with Crippen molar-refractivity contribution in [1.29, 1.82) is 0 Å². The van der Waals surface area contributed by atoms with Gasteiger partial charge in [0.15, 0.2) is 0 Å². The molecule has 4 N–H and O–H groups in total. The van der Waals surface area contributed by atoms with Gasteiger partial charge in [0.05, 0.1) is 11.4 Å². The van der Waals surface area contributed by atoms with Crippen LogP contribution in [0.1, 0.15) is 20.9 Å². The molecule has 0 aromatic carbocycles. The van der Waals surface area contributed by atoms with Crippen molar-refractivity contribution < 1.29 is 4.79 Å². The fourth-order valence-corrected chi connectivity index (χ4v) is 2.43. The minimum Gasteiger partial charge on any atom is -0.336 e. The van der Waals surface area contributed by atoms with E-state index < -0.39 is 5.69 Å². The third-order valence-electron chi connectivity index (χ3n) is 2.56. The van der Waals surface area contributed by atoms with Crippen molar-refractivity contribution in [2.24, 2.45) is 5.73 Å². The molecule has 0 saturated carbocycles. The van der Waals surface area contributed by atoms with Gasteiger partial charge in [-0.1, -0.05) is 11.8 Å². The van der Waals surface area contributed by atoms with E-state index in [0.29, 0.717) is 13.1 Å².